The third kappa shape index (κ3) is 3.19. The zero-order valence-corrected chi connectivity index (χ0v) is 14.4. The van der Waals surface area contributed by atoms with Gasteiger partial charge in [0.1, 0.15) is 16.0 Å². The predicted octanol–water partition coefficient (Wildman–Crippen LogP) is 3.11. The number of carbonyl (C=O) groups excluding carboxylic acids is 1. The van der Waals surface area contributed by atoms with Gasteiger partial charge in [-0.1, -0.05) is 19.3 Å². The molecule has 3 heterocycles. The predicted molar refractivity (Wildman–Crippen MR) is 97.8 cm³/mol. The molecule has 128 valence electrons. The van der Waals surface area contributed by atoms with E-state index in [1.54, 1.807) is 29.9 Å². The van der Waals surface area contributed by atoms with Crippen molar-refractivity contribution in [3.8, 4) is 11.4 Å². The van der Waals surface area contributed by atoms with E-state index in [0.717, 1.165) is 31.2 Å². The number of pyridine rings is 1. The first-order chi connectivity index (χ1) is 12.2. The van der Waals surface area contributed by atoms with E-state index in [-0.39, 0.29) is 17.5 Å². The maximum absolute atomic E-state index is 12.7. The zero-order chi connectivity index (χ0) is 17.2. The molecule has 1 amide bonds. The van der Waals surface area contributed by atoms with Crippen LogP contribution < -0.4 is 10.9 Å². The third-order valence-corrected chi connectivity index (χ3v) is 5.53. The molecule has 4 rings (SSSR count). The van der Waals surface area contributed by atoms with Crippen molar-refractivity contribution in [1.82, 2.24) is 20.3 Å². The van der Waals surface area contributed by atoms with Gasteiger partial charge in [-0.05, 0) is 25.0 Å². The monoisotopic (exact) mass is 354 g/mol. The minimum atomic E-state index is -0.224. The molecule has 2 N–H and O–H groups in total. The number of aromatic nitrogens is 3. The Balaban J connectivity index is 1.71. The molecule has 0 bridgehead atoms. The van der Waals surface area contributed by atoms with E-state index >= 15 is 0 Å². The van der Waals surface area contributed by atoms with Gasteiger partial charge in [-0.3, -0.25) is 14.6 Å². The van der Waals surface area contributed by atoms with E-state index in [1.165, 1.54) is 17.8 Å². The summed E-state index contributed by atoms with van der Waals surface area (Å²) in [4.78, 5) is 36.4. The highest BCUT2D eigenvalue weighted by Gasteiger charge is 2.21. The van der Waals surface area contributed by atoms with Crippen LogP contribution in [0, 0.1) is 0 Å². The van der Waals surface area contributed by atoms with Gasteiger partial charge in [-0.15, -0.1) is 11.3 Å². The Kier molecular flexibility index (Phi) is 4.31. The minimum Gasteiger partial charge on any atom is -0.349 e. The van der Waals surface area contributed by atoms with Crippen LogP contribution in [0.5, 0.6) is 0 Å². The fourth-order valence-corrected chi connectivity index (χ4v) is 4.13. The average molecular weight is 354 g/mol. The molecule has 3 aromatic rings. The van der Waals surface area contributed by atoms with E-state index in [2.05, 4.69) is 20.3 Å². The van der Waals surface area contributed by atoms with Crippen molar-refractivity contribution in [2.24, 2.45) is 0 Å². The van der Waals surface area contributed by atoms with Gasteiger partial charge in [0.05, 0.1) is 5.56 Å². The number of hydrogen-bond acceptors (Lipinski definition) is 5. The maximum Gasteiger partial charge on any atom is 0.269 e. The normalized spacial score (nSPS) is 15.4. The number of carbonyl (C=O) groups is 1. The molecule has 7 heteroatoms. The summed E-state index contributed by atoms with van der Waals surface area (Å²) < 4.78 is 0.478. The first-order valence-electron chi connectivity index (χ1n) is 8.45. The molecule has 3 aromatic heterocycles. The van der Waals surface area contributed by atoms with Crippen molar-refractivity contribution in [3.05, 3.63) is 45.8 Å². The number of hydrogen-bond donors (Lipinski definition) is 2. The summed E-state index contributed by atoms with van der Waals surface area (Å²) in [7, 11) is 0. The van der Waals surface area contributed by atoms with Crippen molar-refractivity contribution >= 4 is 27.5 Å². The molecular formula is C18H18N4O2S. The molecular weight excluding hydrogens is 336 g/mol. The highest BCUT2D eigenvalue weighted by Crippen LogP contribution is 2.24. The molecule has 0 spiro atoms. The SMILES string of the molecule is O=C(NC1CCCCC1)c1csc2c(=O)[nH]c(-c3ccncc3)nc12. The Hall–Kier alpha value is -2.54. The Morgan fingerprint density at radius 3 is 2.72 bits per heavy atom. The molecule has 1 saturated carbocycles. The first-order valence-corrected chi connectivity index (χ1v) is 9.33. The van der Waals surface area contributed by atoms with Crippen molar-refractivity contribution < 1.29 is 4.79 Å². The van der Waals surface area contributed by atoms with Gasteiger partial charge in [0, 0.05) is 29.4 Å². The van der Waals surface area contributed by atoms with Gasteiger partial charge < -0.3 is 10.3 Å². The first kappa shape index (κ1) is 16.0. The van der Waals surface area contributed by atoms with Crippen LogP contribution in [0.25, 0.3) is 21.6 Å². The standard InChI is InChI=1S/C18H18N4O2S/c23-17(20-12-4-2-1-3-5-12)13-10-25-15-14(13)21-16(22-18(15)24)11-6-8-19-9-7-11/h6-10,12H,1-5H2,(H,20,23)(H,21,22,24). The molecule has 25 heavy (non-hydrogen) atoms. The summed E-state index contributed by atoms with van der Waals surface area (Å²) in [5, 5.41) is 4.82. The molecule has 0 saturated heterocycles. The third-order valence-electron chi connectivity index (χ3n) is 4.57. The van der Waals surface area contributed by atoms with Crippen molar-refractivity contribution in [2.45, 2.75) is 38.1 Å². The van der Waals surface area contributed by atoms with Crippen molar-refractivity contribution in [3.63, 3.8) is 0 Å². The number of aromatic amines is 1. The lowest BCUT2D eigenvalue weighted by Crippen LogP contribution is -2.36. The van der Waals surface area contributed by atoms with Crippen LogP contribution in [0.2, 0.25) is 0 Å². The van der Waals surface area contributed by atoms with Crippen LogP contribution in [-0.2, 0) is 0 Å². The maximum atomic E-state index is 12.7. The Morgan fingerprint density at radius 1 is 1.20 bits per heavy atom. The summed E-state index contributed by atoms with van der Waals surface area (Å²) in [5.74, 6) is 0.307. The number of thiophene rings is 1. The van der Waals surface area contributed by atoms with Gasteiger partial charge in [0.15, 0.2) is 0 Å². The number of fused-ring (bicyclic) bond motifs is 1. The van der Waals surface area contributed by atoms with E-state index in [0.29, 0.717) is 21.6 Å². The van der Waals surface area contributed by atoms with E-state index in [9.17, 15) is 9.59 Å². The topological polar surface area (TPSA) is 87.7 Å². The van der Waals surface area contributed by atoms with Gasteiger partial charge in [-0.25, -0.2) is 4.98 Å². The summed E-state index contributed by atoms with van der Waals surface area (Å²) in [6.07, 6.45) is 8.86. The Bertz CT molecular complexity index is 958. The number of rotatable bonds is 3. The quantitative estimate of drug-likeness (QED) is 0.756. The van der Waals surface area contributed by atoms with Gasteiger partial charge >= 0.3 is 0 Å². The molecule has 0 aliphatic heterocycles. The van der Waals surface area contributed by atoms with Crippen LogP contribution >= 0.6 is 11.3 Å². The smallest absolute Gasteiger partial charge is 0.269 e. The Labute approximate surface area is 148 Å². The summed E-state index contributed by atoms with van der Waals surface area (Å²) >= 11 is 1.26. The second-order valence-corrected chi connectivity index (χ2v) is 7.17. The molecule has 0 atom stereocenters. The average Bonchev–Trinajstić information content (AvgIpc) is 3.08. The summed E-state index contributed by atoms with van der Waals surface area (Å²) in [5.41, 5.74) is 1.48. The highest BCUT2D eigenvalue weighted by atomic mass is 32.1. The Morgan fingerprint density at radius 2 is 1.96 bits per heavy atom. The molecule has 0 aromatic carbocycles. The van der Waals surface area contributed by atoms with Gasteiger partial charge in [-0.2, -0.15) is 0 Å². The number of amides is 1. The summed E-state index contributed by atoms with van der Waals surface area (Å²) in [6, 6.07) is 3.77. The number of nitrogens with zero attached hydrogens (tertiary/aromatic N) is 2. The van der Waals surface area contributed by atoms with Crippen molar-refractivity contribution in [1.29, 1.82) is 0 Å². The summed E-state index contributed by atoms with van der Waals surface area (Å²) in [6.45, 7) is 0. The fourth-order valence-electron chi connectivity index (χ4n) is 3.25. The van der Waals surface area contributed by atoms with E-state index < -0.39 is 0 Å². The molecule has 1 fully saturated rings. The minimum absolute atomic E-state index is 0.142. The lowest BCUT2D eigenvalue weighted by molar-refractivity contribution is 0.0929. The van der Waals surface area contributed by atoms with Crippen LogP contribution in [0.1, 0.15) is 42.5 Å². The van der Waals surface area contributed by atoms with Crippen LogP contribution in [0.15, 0.2) is 34.7 Å². The second kappa shape index (κ2) is 6.76. The highest BCUT2D eigenvalue weighted by molar-refractivity contribution is 7.17. The van der Waals surface area contributed by atoms with Gasteiger partial charge in [0.2, 0.25) is 0 Å². The van der Waals surface area contributed by atoms with Crippen LogP contribution in [-0.4, -0.2) is 26.9 Å². The lowest BCUT2D eigenvalue weighted by atomic mass is 9.95. The molecule has 0 radical (unpaired) electrons. The fraction of sp³-hybridized carbons (Fsp3) is 0.333. The van der Waals surface area contributed by atoms with E-state index in [4.69, 9.17) is 0 Å². The van der Waals surface area contributed by atoms with Crippen molar-refractivity contribution in [2.75, 3.05) is 0 Å². The number of H-pyrrole nitrogens is 1. The van der Waals surface area contributed by atoms with Crippen LogP contribution in [0.4, 0.5) is 0 Å². The molecule has 0 unspecified atom stereocenters. The largest absolute Gasteiger partial charge is 0.349 e. The molecule has 1 aliphatic rings. The van der Waals surface area contributed by atoms with E-state index in [1.807, 2.05) is 0 Å². The second-order valence-electron chi connectivity index (χ2n) is 6.29. The molecule has 6 nitrogen and oxygen atoms in total. The van der Waals surface area contributed by atoms with Gasteiger partial charge in [0.25, 0.3) is 11.5 Å². The van der Waals surface area contributed by atoms with Crippen LogP contribution in [0.3, 0.4) is 0 Å². The lowest BCUT2D eigenvalue weighted by Gasteiger charge is -2.22. The number of nitrogens with one attached hydrogen (secondary N) is 2. The zero-order valence-electron chi connectivity index (χ0n) is 13.6. The molecule has 1 aliphatic carbocycles.